The Balaban J connectivity index is 2.22. The van der Waals surface area contributed by atoms with Crippen molar-refractivity contribution in [1.82, 2.24) is 10.3 Å². The van der Waals surface area contributed by atoms with Gasteiger partial charge in [-0.1, -0.05) is 29.3 Å². The molecule has 1 fully saturated rings. The smallest absolute Gasteiger partial charge is 0.134 e. The molecule has 1 aromatic heterocycles. The molecule has 0 bridgehead atoms. The first kappa shape index (κ1) is 10.2. The highest BCUT2D eigenvalue weighted by atomic mass is 35.5. The summed E-state index contributed by atoms with van der Waals surface area (Å²) in [6, 6.07) is 3.78. The zero-order valence-corrected chi connectivity index (χ0v) is 9.28. The Labute approximate surface area is 93.6 Å². The molecule has 1 aliphatic rings. The van der Waals surface area contributed by atoms with Gasteiger partial charge in [-0.25, -0.2) is 4.98 Å². The highest BCUT2D eigenvalue weighted by Gasteiger charge is 2.18. The van der Waals surface area contributed by atoms with Gasteiger partial charge in [0, 0.05) is 6.54 Å². The van der Waals surface area contributed by atoms with E-state index in [9.17, 15) is 0 Å². The molecular formula is C10H12Cl2N2. The first-order valence-corrected chi connectivity index (χ1v) is 5.55. The van der Waals surface area contributed by atoms with E-state index in [0.29, 0.717) is 16.2 Å². The minimum Gasteiger partial charge on any atom is -0.316 e. The van der Waals surface area contributed by atoms with Crippen molar-refractivity contribution in [3.63, 3.8) is 0 Å². The van der Waals surface area contributed by atoms with Crippen LogP contribution in [-0.4, -0.2) is 18.1 Å². The predicted octanol–water partition coefficient (Wildman–Crippen LogP) is 2.86. The van der Waals surface area contributed by atoms with E-state index in [-0.39, 0.29) is 0 Å². The lowest BCUT2D eigenvalue weighted by Crippen LogP contribution is -2.28. The van der Waals surface area contributed by atoms with Gasteiger partial charge in [-0.2, -0.15) is 0 Å². The van der Waals surface area contributed by atoms with Crippen molar-refractivity contribution in [2.75, 3.05) is 13.1 Å². The second-order valence-electron chi connectivity index (χ2n) is 3.56. The third kappa shape index (κ3) is 2.19. The summed E-state index contributed by atoms with van der Waals surface area (Å²) < 4.78 is 0. The third-order valence-corrected chi connectivity index (χ3v) is 3.09. The Hall–Kier alpha value is -0.310. The summed E-state index contributed by atoms with van der Waals surface area (Å²) in [7, 11) is 0. The van der Waals surface area contributed by atoms with Gasteiger partial charge in [0.05, 0.1) is 0 Å². The molecule has 1 aliphatic heterocycles. The molecule has 0 aliphatic carbocycles. The van der Waals surface area contributed by atoms with Crippen molar-refractivity contribution in [2.24, 2.45) is 0 Å². The third-order valence-electron chi connectivity index (χ3n) is 2.58. The Kier molecular flexibility index (Phi) is 3.26. The van der Waals surface area contributed by atoms with Gasteiger partial charge in [0.25, 0.3) is 0 Å². The first-order chi connectivity index (χ1) is 6.77. The number of aromatic nitrogens is 1. The van der Waals surface area contributed by atoms with E-state index in [1.165, 1.54) is 12.8 Å². The van der Waals surface area contributed by atoms with Crippen LogP contribution in [0, 0.1) is 0 Å². The van der Waals surface area contributed by atoms with Gasteiger partial charge >= 0.3 is 0 Å². The SMILES string of the molecule is Clc1ccc(C2CCCNC2)c(Cl)n1. The van der Waals surface area contributed by atoms with E-state index in [1.54, 1.807) is 6.07 Å². The van der Waals surface area contributed by atoms with E-state index in [2.05, 4.69) is 10.3 Å². The Bertz CT molecular complexity index is 322. The molecule has 0 amide bonds. The number of piperidine rings is 1. The maximum absolute atomic E-state index is 6.04. The molecule has 2 heterocycles. The molecule has 76 valence electrons. The highest BCUT2D eigenvalue weighted by molar-refractivity contribution is 6.32. The molecule has 4 heteroatoms. The van der Waals surface area contributed by atoms with Crippen LogP contribution in [0.15, 0.2) is 12.1 Å². The maximum atomic E-state index is 6.04. The summed E-state index contributed by atoms with van der Waals surface area (Å²) in [5, 5.41) is 4.36. The number of nitrogens with zero attached hydrogens (tertiary/aromatic N) is 1. The molecule has 0 radical (unpaired) electrons. The molecule has 1 saturated heterocycles. The number of hydrogen-bond donors (Lipinski definition) is 1. The molecule has 1 aromatic rings. The standard InChI is InChI=1S/C10H12Cl2N2/c11-9-4-3-8(10(12)14-9)7-2-1-5-13-6-7/h3-4,7,13H,1-2,5-6H2. The van der Waals surface area contributed by atoms with Crippen LogP contribution < -0.4 is 5.32 Å². The van der Waals surface area contributed by atoms with Crippen LogP contribution in [0.4, 0.5) is 0 Å². The average Bonchev–Trinajstić information content (AvgIpc) is 2.19. The molecule has 1 N–H and O–H groups in total. The van der Waals surface area contributed by atoms with Gasteiger partial charge in [0.15, 0.2) is 0 Å². The summed E-state index contributed by atoms with van der Waals surface area (Å²) in [5.74, 6) is 0.487. The molecule has 1 unspecified atom stereocenters. The van der Waals surface area contributed by atoms with Crippen molar-refractivity contribution in [1.29, 1.82) is 0 Å². The summed E-state index contributed by atoms with van der Waals surface area (Å²) >= 11 is 11.8. The van der Waals surface area contributed by atoms with Gasteiger partial charge in [0.2, 0.25) is 0 Å². The Morgan fingerprint density at radius 2 is 2.21 bits per heavy atom. The van der Waals surface area contributed by atoms with Crippen LogP contribution in [0.3, 0.4) is 0 Å². The predicted molar refractivity (Wildman–Crippen MR) is 59.1 cm³/mol. The minimum absolute atomic E-state index is 0.461. The highest BCUT2D eigenvalue weighted by Crippen LogP contribution is 2.28. The monoisotopic (exact) mass is 230 g/mol. The fourth-order valence-corrected chi connectivity index (χ4v) is 2.34. The fourth-order valence-electron chi connectivity index (χ4n) is 1.84. The van der Waals surface area contributed by atoms with Crippen molar-refractivity contribution in [2.45, 2.75) is 18.8 Å². The van der Waals surface area contributed by atoms with E-state index >= 15 is 0 Å². The largest absolute Gasteiger partial charge is 0.316 e. The van der Waals surface area contributed by atoms with Gasteiger partial charge in [-0.05, 0) is 36.9 Å². The first-order valence-electron chi connectivity index (χ1n) is 4.80. The van der Waals surface area contributed by atoms with Gasteiger partial charge in [0.1, 0.15) is 10.3 Å². The molecule has 2 rings (SSSR count). The summed E-state index contributed by atoms with van der Waals surface area (Å²) in [5.41, 5.74) is 1.11. The van der Waals surface area contributed by atoms with Crippen molar-refractivity contribution >= 4 is 23.2 Å². The lowest BCUT2D eigenvalue weighted by Gasteiger charge is -2.23. The number of hydrogen-bond acceptors (Lipinski definition) is 2. The molecule has 2 nitrogen and oxygen atoms in total. The van der Waals surface area contributed by atoms with Gasteiger partial charge in [-0.3, -0.25) is 0 Å². The van der Waals surface area contributed by atoms with Crippen molar-refractivity contribution in [3.8, 4) is 0 Å². The van der Waals surface area contributed by atoms with Gasteiger partial charge in [-0.15, -0.1) is 0 Å². The molecule has 0 saturated carbocycles. The second-order valence-corrected chi connectivity index (χ2v) is 4.30. The number of pyridine rings is 1. The number of rotatable bonds is 1. The van der Waals surface area contributed by atoms with Gasteiger partial charge < -0.3 is 5.32 Å². The van der Waals surface area contributed by atoms with Crippen molar-refractivity contribution in [3.05, 3.63) is 28.0 Å². The molecular weight excluding hydrogens is 219 g/mol. The van der Waals surface area contributed by atoms with Crippen LogP contribution in [0.2, 0.25) is 10.3 Å². The normalized spacial score (nSPS) is 22.3. The zero-order chi connectivity index (χ0) is 9.97. The van der Waals surface area contributed by atoms with Crippen LogP contribution >= 0.6 is 23.2 Å². The number of halogens is 2. The lowest BCUT2D eigenvalue weighted by molar-refractivity contribution is 0.461. The lowest BCUT2D eigenvalue weighted by atomic mass is 9.93. The van der Waals surface area contributed by atoms with Crippen LogP contribution in [0.1, 0.15) is 24.3 Å². The van der Waals surface area contributed by atoms with E-state index in [0.717, 1.165) is 18.7 Å². The van der Waals surface area contributed by atoms with Crippen molar-refractivity contribution < 1.29 is 0 Å². The summed E-state index contributed by atoms with van der Waals surface area (Å²) in [4.78, 5) is 4.05. The van der Waals surface area contributed by atoms with Crippen LogP contribution in [0.25, 0.3) is 0 Å². The maximum Gasteiger partial charge on any atom is 0.134 e. The van der Waals surface area contributed by atoms with E-state index < -0.39 is 0 Å². The molecule has 0 aromatic carbocycles. The van der Waals surface area contributed by atoms with E-state index in [1.807, 2.05) is 6.07 Å². The Morgan fingerprint density at radius 1 is 1.36 bits per heavy atom. The van der Waals surface area contributed by atoms with E-state index in [4.69, 9.17) is 23.2 Å². The second kappa shape index (κ2) is 4.47. The average molecular weight is 231 g/mol. The zero-order valence-electron chi connectivity index (χ0n) is 7.76. The summed E-state index contributed by atoms with van der Waals surface area (Å²) in [6.45, 7) is 2.10. The minimum atomic E-state index is 0.461. The van der Waals surface area contributed by atoms with Crippen LogP contribution in [-0.2, 0) is 0 Å². The number of nitrogens with one attached hydrogen (secondary N) is 1. The molecule has 1 atom stereocenters. The Morgan fingerprint density at radius 3 is 2.86 bits per heavy atom. The fraction of sp³-hybridized carbons (Fsp3) is 0.500. The molecule has 0 spiro atoms. The topological polar surface area (TPSA) is 24.9 Å². The molecule has 14 heavy (non-hydrogen) atoms. The quantitative estimate of drug-likeness (QED) is 0.751. The summed E-state index contributed by atoms with van der Waals surface area (Å²) in [6.07, 6.45) is 2.37. The van der Waals surface area contributed by atoms with Crippen LogP contribution in [0.5, 0.6) is 0 Å².